The second-order valence-electron chi connectivity index (χ2n) is 6.58. The second kappa shape index (κ2) is 5.77. The van der Waals surface area contributed by atoms with Crippen LogP contribution in [0.25, 0.3) is 0 Å². The fraction of sp³-hybridized carbons (Fsp3) is 0.588. The minimum atomic E-state index is -0.718. The van der Waals surface area contributed by atoms with Crippen LogP contribution in [0.15, 0.2) is 24.3 Å². The Balaban J connectivity index is 2.01. The first-order chi connectivity index (χ1) is 8.96. The van der Waals surface area contributed by atoms with Crippen LogP contribution >= 0.6 is 0 Å². The molecule has 2 rings (SSSR count). The monoisotopic (exact) mass is 260 g/mol. The number of carboxylic acids is 1. The van der Waals surface area contributed by atoms with Gasteiger partial charge in [-0.1, -0.05) is 38.1 Å². The van der Waals surface area contributed by atoms with Gasteiger partial charge in [0.15, 0.2) is 0 Å². The van der Waals surface area contributed by atoms with E-state index in [1.54, 1.807) is 0 Å². The molecule has 104 valence electrons. The quantitative estimate of drug-likeness (QED) is 0.871. The molecule has 0 heterocycles. The van der Waals surface area contributed by atoms with Crippen molar-refractivity contribution in [2.75, 3.05) is 0 Å². The maximum atomic E-state index is 10.6. The van der Waals surface area contributed by atoms with Crippen LogP contribution in [-0.2, 0) is 11.2 Å². The van der Waals surface area contributed by atoms with Crippen LogP contribution < -0.4 is 0 Å². The summed E-state index contributed by atoms with van der Waals surface area (Å²) in [4.78, 5) is 10.6. The first kappa shape index (κ1) is 14.1. The van der Waals surface area contributed by atoms with Gasteiger partial charge < -0.3 is 5.11 Å². The first-order valence-corrected chi connectivity index (χ1v) is 7.27. The van der Waals surface area contributed by atoms with E-state index in [0.717, 1.165) is 5.56 Å². The van der Waals surface area contributed by atoms with Crippen molar-refractivity contribution < 1.29 is 9.90 Å². The highest BCUT2D eigenvalue weighted by Crippen LogP contribution is 2.42. The fourth-order valence-electron chi connectivity index (χ4n) is 2.99. The van der Waals surface area contributed by atoms with Gasteiger partial charge in [0.1, 0.15) is 0 Å². The van der Waals surface area contributed by atoms with Crippen LogP contribution in [0.1, 0.15) is 63.0 Å². The number of hydrogen-bond acceptors (Lipinski definition) is 1. The molecule has 0 atom stereocenters. The molecule has 19 heavy (non-hydrogen) atoms. The van der Waals surface area contributed by atoms with Crippen LogP contribution in [0, 0.1) is 5.41 Å². The summed E-state index contributed by atoms with van der Waals surface area (Å²) in [6, 6.07) is 8.53. The lowest BCUT2D eigenvalue weighted by Crippen LogP contribution is -2.20. The van der Waals surface area contributed by atoms with Crippen molar-refractivity contribution in [3.8, 4) is 0 Å². The highest BCUT2D eigenvalue weighted by molar-refractivity contribution is 5.67. The minimum Gasteiger partial charge on any atom is -0.481 e. The Morgan fingerprint density at radius 3 is 2.63 bits per heavy atom. The number of benzene rings is 1. The number of rotatable bonds is 4. The molecule has 1 fully saturated rings. The lowest BCUT2D eigenvalue weighted by molar-refractivity contribution is -0.136. The molecule has 1 aliphatic carbocycles. The largest absolute Gasteiger partial charge is 0.481 e. The van der Waals surface area contributed by atoms with Gasteiger partial charge in [-0.05, 0) is 54.6 Å². The van der Waals surface area contributed by atoms with Crippen LogP contribution in [0.4, 0.5) is 0 Å². The van der Waals surface area contributed by atoms with Gasteiger partial charge in [-0.25, -0.2) is 0 Å². The molecular formula is C17H24O2. The highest BCUT2D eigenvalue weighted by atomic mass is 16.4. The molecular weight excluding hydrogens is 236 g/mol. The molecule has 1 aromatic carbocycles. The van der Waals surface area contributed by atoms with Gasteiger partial charge in [-0.15, -0.1) is 0 Å². The van der Waals surface area contributed by atoms with E-state index in [0.29, 0.717) is 17.8 Å². The predicted octanol–water partition coefficient (Wildman–Crippen LogP) is 4.39. The van der Waals surface area contributed by atoms with Crippen molar-refractivity contribution >= 4 is 5.97 Å². The summed E-state index contributed by atoms with van der Waals surface area (Å²) in [5, 5.41) is 8.75. The van der Waals surface area contributed by atoms with E-state index < -0.39 is 5.97 Å². The summed E-state index contributed by atoms with van der Waals surface area (Å²) in [5.41, 5.74) is 3.06. The van der Waals surface area contributed by atoms with Crippen molar-refractivity contribution in [2.45, 2.75) is 58.3 Å². The smallest absolute Gasteiger partial charge is 0.303 e. The number of hydrogen-bond donors (Lipinski definition) is 1. The molecule has 0 bridgehead atoms. The summed E-state index contributed by atoms with van der Waals surface area (Å²) in [5.74, 6) is -0.0531. The van der Waals surface area contributed by atoms with Crippen LogP contribution in [0.3, 0.4) is 0 Å². The van der Waals surface area contributed by atoms with Crippen molar-refractivity contribution in [1.82, 2.24) is 0 Å². The molecule has 0 unspecified atom stereocenters. The summed E-state index contributed by atoms with van der Waals surface area (Å²) < 4.78 is 0. The van der Waals surface area contributed by atoms with E-state index in [9.17, 15) is 4.79 Å². The standard InChI is InChI=1S/C17H24O2/c1-17(2)10-8-14(9-11-17)15-5-3-4-13(12-15)6-7-16(18)19/h3-5,12,14H,6-11H2,1-2H3,(H,18,19). The molecule has 2 heteroatoms. The van der Waals surface area contributed by atoms with Crippen molar-refractivity contribution in [1.29, 1.82) is 0 Å². The van der Waals surface area contributed by atoms with Gasteiger partial charge in [-0.3, -0.25) is 4.79 Å². The molecule has 0 spiro atoms. The Morgan fingerprint density at radius 1 is 1.32 bits per heavy atom. The van der Waals surface area contributed by atoms with Crippen LogP contribution in [0.2, 0.25) is 0 Å². The summed E-state index contributed by atoms with van der Waals surface area (Å²) >= 11 is 0. The molecule has 1 saturated carbocycles. The fourth-order valence-corrected chi connectivity index (χ4v) is 2.99. The zero-order chi connectivity index (χ0) is 13.9. The molecule has 0 radical (unpaired) electrons. The highest BCUT2D eigenvalue weighted by Gasteiger charge is 2.27. The zero-order valence-corrected chi connectivity index (χ0v) is 12.0. The minimum absolute atomic E-state index is 0.223. The number of carbonyl (C=O) groups is 1. The van der Waals surface area contributed by atoms with E-state index >= 15 is 0 Å². The van der Waals surface area contributed by atoms with Crippen LogP contribution in [-0.4, -0.2) is 11.1 Å². The molecule has 1 aromatic rings. The molecule has 0 aliphatic heterocycles. The normalized spacial score (nSPS) is 19.3. The second-order valence-corrected chi connectivity index (χ2v) is 6.58. The average Bonchev–Trinajstić information content (AvgIpc) is 2.37. The lowest BCUT2D eigenvalue weighted by Gasteiger charge is -2.34. The lowest BCUT2D eigenvalue weighted by atomic mass is 9.71. The molecule has 1 aliphatic rings. The average molecular weight is 260 g/mol. The SMILES string of the molecule is CC1(C)CCC(c2cccc(CCC(=O)O)c2)CC1. The predicted molar refractivity (Wildman–Crippen MR) is 77.4 cm³/mol. The Kier molecular flexibility index (Phi) is 4.28. The summed E-state index contributed by atoms with van der Waals surface area (Å²) in [7, 11) is 0. The van der Waals surface area contributed by atoms with Gasteiger partial charge in [0.25, 0.3) is 0 Å². The topological polar surface area (TPSA) is 37.3 Å². The van der Waals surface area contributed by atoms with Gasteiger partial charge in [-0.2, -0.15) is 0 Å². The summed E-state index contributed by atoms with van der Waals surface area (Å²) in [6.45, 7) is 4.71. The van der Waals surface area contributed by atoms with E-state index in [1.165, 1.54) is 31.2 Å². The molecule has 0 amide bonds. The van der Waals surface area contributed by atoms with E-state index in [2.05, 4.69) is 32.0 Å². The van der Waals surface area contributed by atoms with Crippen molar-refractivity contribution in [3.05, 3.63) is 35.4 Å². The maximum absolute atomic E-state index is 10.6. The number of aryl methyl sites for hydroxylation is 1. The Bertz CT molecular complexity index is 438. The van der Waals surface area contributed by atoms with Gasteiger partial charge in [0.2, 0.25) is 0 Å². The Hall–Kier alpha value is -1.31. The third kappa shape index (κ3) is 4.09. The number of aliphatic carboxylic acids is 1. The molecule has 2 nitrogen and oxygen atoms in total. The van der Waals surface area contributed by atoms with E-state index in [-0.39, 0.29) is 6.42 Å². The number of carboxylic acid groups (broad SMARTS) is 1. The van der Waals surface area contributed by atoms with Crippen LogP contribution in [0.5, 0.6) is 0 Å². The molecule has 0 aromatic heterocycles. The third-order valence-electron chi connectivity index (χ3n) is 4.39. The third-order valence-corrected chi connectivity index (χ3v) is 4.39. The summed E-state index contributed by atoms with van der Waals surface area (Å²) in [6.07, 6.45) is 5.96. The van der Waals surface area contributed by atoms with Gasteiger partial charge >= 0.3 is 5.97 Å². The Labute approximate surface area is 115 Å². The van der Waals surface area contributed by atoms with Crippen molar-refractivity contribution in [3.63, 3.8) is 0 Å². The van der Waals surface area contributed by atoms with Gasteiger partial charge in [0.05, 0.1) is 0 Å². The zero-order valence-electron chi connectivity index (χ0n) is 12.0. The van der Waals surface area contributed by atoms with E-state index in [1.807, 2.05) is 6.07 Å². The van der Waals surface area contributed by atoms with Crippen molar-refractivity contribution in [2.24, 2.45) is 5.41 Å². The van der Waals surface area contributed by atoms with E-state index in [4.69, 9.17) is 5.11 Å². The van der Waals surface area contributed by atoms with Gasteiger partial charge in [0, 0.05) is 6.42 Å². The molecule has 1 N–H and O–H groups in total. The molecule has 0 saturated heterocycles. The Morgan fingerprint density at radius 2 is 2.00 bits per heavy atom. The first-order valence-electron chi connectivity index (χ1n) is 7.27. The maximum Gasteiger partial charge on any atom is 0.303 e.